The molecule has 1 atom stereocenters. The zero-order valence-corrected chi connectivity index (χ0v) is 23.0. The summed E-state index contributed by atoms with van der Waals surface area (Å²) in [4.78, 5) is 18.6. The minimum atomic E-state index is -0.218. The molecule has 4 heterocycles. The third-order valence-electron chi connectivity index (χ3n) is 6.88. The molecule has 9 heteroatoms. The molecule has 0 radical (unpaired) electrons. The fraction of sp³-hybridized carbons (Fsp3) is 0.125. The number of hydrogen-bond donors (Lipinski definition) is 0. The molecule has 41 heavy (non-hydrogen) atoms. The maximum Gasteiger partial charge on any atom is 0.291 e. The van der Waals surface area contributed by atoms with E-state index in [1.807, 2.05) is 83.7 Å². The van der Waals surface area contributed by atoms with Crippen LogP contribution in [0.1, 0.15) is 18.1 Å². The van der Waals surface area contributed by atoms with Crippen molar-refractivity contribution in [3.05, 3.63) is 118 Å². The molecule has 1 unspecified atom stereocenters. The summed E-state index contributed by atoms with van der Waals surface area (Å²) < 4.78 is 15.2. The van der Waals surface area contributed by atoms with Crippen molar-refractivity contribution in [2.24, 2.45) is 0 Å². The molecule has 7 rings (SSSR count). The molecule has 202 valence electrons. The second kappa shape index (κ2) is 10.2. The van der Waals surface area contributed by atoms with E-state index in [9.17, 15) is 4.79 Å². The monoisotopic (exact) mass is 559 g/mol. The van der Waals surface area contributed by atoms with Crippen molar-refractivity contribution < 1.29 is 9.47 Å². The largest absolute Gasteiger partial charge is 0.490 e. The molecule has 0 bridgehead atoms. The Morgan fingerprint density at radius 1 is 1.07 bits per heavy atom. The Balaban J connectivity index is 1.29. The molecule has 0 fully saturated rings. The van der Waals surface area contributed by atoms with Crippen molar-refractivity contribution in [2.75, 3.05) is 6.61 Å². The summed E-state index contributed by atoms with van der Waals surface area (Å²) in [6, 6.07) is 23.5. The average Bonchev–Trinajstić information content (AvgIpc) is 3.76. The summed E-state index contributed by atoms with van der Waals surface area (Å²) in [6.45, 7) is 6.16. The average molecular weight is 560 g/mol. The van der Waals surface area contributed by atoms with E-state index >= 15 is 0 Å². The molecule has 0 saturated carbocycles. The highest BCUT2D eigenvalue weighted by molar-refractivity contribution is 7.15. The number of aromatic nitrogens is 5. The lowest BCUT2D eigenvalue weighted by Gasteiger charge is -2.04. The maximum atomic E-state index is 13.4. The van der Waals surface area contributed by atoms with Gasteiger partial charge in [-0.25, -0.2) is 4.68 Å². The number of para-hydroxylation sites is 1. The number of benzene rings is 3. The number of fused-ring (bicyclic) bond motifs is 2. The number of thiazole rings is 1. The molecule has 8 nitrogen and oxygen atoms in total. The highest BCUT2D eigenvalue weighted by atomic mass is 32.1. The van der Waals surface area contributed by atoms with Crippen LogP contribution < -0.4 is 19.6 Å². The molecule has 0 aliphatic carbocycles. The van der Waals surface area contributed by atoms with E-state index in [4.69, 9.17) is 14.6 Å². The van der Waals surface area contributed by atoms with E-state index < -0.39 is 0 Å². The first-order valence-corrected chi connectivity index (χ1v) is 14.1. The summed E-state index contributed by atoms with van der Waals surface area (Å²) >= 11 is 1.31. The Morgan fingerprint density at radius 3 is 2.66 bits per heavy atom. The predicted molar refractivity (Wildman–Crippen MR) is 160 cm³/mol. The fourth-order valence-corrected chi connectivity index (χ4v) is 5.85. The Labute approximate surface area is 239 Å². The van der Waals surface area contributed by atoms with E-state index in [-0.39, 0.29) is 11.7 Å². The lowest BCUT2D eigenvalue weighted by molar-refractivity contribution is 0.254. The van der Waals surface area contributed by atoms with Gasteiger partial charge in [-0.1, -0.05) is 42.2 Å². The topological polar surface area (TPSA) is 83.5 Å². The summed E-state index contributed by atoms with van der Waals surface area (Å²) in [5.41, 5.74) is 5.26. The Kier molecular flexibility index (Phi) is 6.20. The minimum Gasteiger partial charge on any atom is -0.490 e. The van der Waals surface area contributed by atoms with Crippen molar-refractivity contribution in [1.82, 2.24) is 24.4 Å². The van der Waals surface area contributed by atoms with Gasteiger partial charge in [0.2, 0.25) is 4.96 Å². The second-order valence-corrected chi connectivity index (χ2v) is 10.8. The van der Waals surface area contributed by atoms with Gasteiger partial charge < -0.3 is 9.47 Å². The number of rotatable bonds is 7. The number of ether oxygens (including phenoxy) is 2. The smallest absolute Gasteiger partial charge is 0.291 e. The van der Waals surface area contributed by atoms with Crippen molar-refractivity contribution in [3.8, 4) is 39.8 Å². The summed E-state index contributed by atoms with van der Waals surface area (Å²) in [6.07, 6.45) is 6.53. The molecule has 0 saturated heterocycles. The van der Waals surface area contributed by atoms with Crippen LogP contribution in [0.3, 0.4) is 0 Å². The highest BCUT2D eigenvalue weighted by Crippen LogP contribution is 2.34. The van der Waals surface area contributed by atoms with E-state index in [2.05, 4.69) is 29.7 Å². The van der Waals surface area contributed by atoms with Gasteiger partial charge in [-0.3, -0.25) is 4.79 Å². The van der Waals surface area contributed by atoms with E-state index in [1.165, 1.54) is 15.9 Å². The van der Waals surface area contributed by atoms with Crippen molar-refractivity contribution in [3.63, 3.8) is 0 Å². The molecular formula is C32H25N5O3S. The third kappa shape index (κ3) is 4.70. The van der Waals surface area contributed by atoms with Gasteiger partial charge in [0.1, 0.15) is 29.9 Å². The Morgan fingerprint density at radius 2 is 1.88 bits per heavy atom. The van der Waals surface area contributed by atoms with Crippen LogP contribution in [-0.2, 0) is 6.42 Å². The van der Waals surface area contributed by atoms with Gasteiger partial charge in [0, 0.05) is 29.3 Å². The first-order valence-electron chi connectivity index (χ1n) is 13.3. The van der Waals surface area contributed by atoms with E-state index in [0.717, 1.165) is 51.6 Å². The Hall–Kier alpha value is -5.02. The third-order valence-corrected chi connectivity index (χ3v) is 7.84. The normalized spacial score (nSPS) is 14.8. The van der Waals surface area contributed by atoms with Crippen LogP contribution in [0.5, 0.6) is 11.5 Å². The highest BCUT2D eigenvalue weighted by Gasteiger charge is 2.21. The van der Waals surface area contributed by atoms with E-state index in [1.54, 1.807) is 6.08 Å². The molecule has 6 aromatic rings. The van der Waals surface area contributed by atoms with Gasteiger partial charge in [-0.2, -0.15) is 14.6 Å². The van der Waals surface area contributed by atoms with Crippen LogP contribution in [0, 0.1) is 0 Å². The number of nitrogens with zero attached hydrogens (tertiary/aromatic N) is 5. The Bertz CT molecular complexity index is 2010. The van der Waals surface area contributed by atoms with Crippen LogP contribution in [0.2, 0.25) is 0 Å². The SMILES string of the molecule is C=CCOc1ccc(-c2nc3s/c(=C\c4cn(-c5ccccc5)nc4-c4ccc5c(c4)CC(C)O5)c(=O)n3n2)cc1. The molecule has 3 aromatic heterocycles. The molecule has 0 amide bonds. The summed E-state index contributed by atoms with van der Waals surface area (Å²) in [7, 11) is 0. The van der Waals surface area contributed by atoms with Crippen LogP contribution in [0.15, 0.2) is 96.4 Å². The minimum absolute atomic E-state index is 0.152. The van der Waals surface area contributed by atoms with Gasteiger partial charge in [0.15, 0.2) is 5.82 Å². The van der Waals surface area contributed by atoms with Crippen molar-refractivity contribution >= 4 is 22.4 Å². The zero-order chi connectivity index (χ0) is 27.9. The predicted octanol–water partition coefficient (Wildman–Crippen LogP) is 5.11. The fourth-order valence-electron chi connectivity index (χ4n) is 4.95. The van der Waals surface area contributed by atoms with Gasteiger partial charge in [0.25, 0.3) is 5.56 Å². The van der Waals surface area contributed by atoms with Gasteiger partial charge in [-0.15, -0.1) is 5.10 Å². The number of hydrogen-bond acceptors (Lipinski definition) is 7. The zero-order valence-electron chi connectivity index (χ0n) is 22.2. The van der Waals surface area contributed by atoms with E-state index in [0.29, 0.717) is 21.9 Å². The second-order valence-electron chi connectivity index (χ2n) is 9.84. The molecular weight excluding hydrogens is 534 g/mol. The molecule has 0 spiro atoms. The molecule has 0 N–H and O–H groups in total. The van der Waals surface area contributed by atoms with Crippen LogP contribution >= 0.6 is 11.3 Å². The quantitative estimate of drug-likeness (QED) is 0.253. The maximum absolute atomic E-state index is 13.4. The summed E-state index contributed by atoms with van der Waals surface area (Å²) in [5.74, 6) is 2.13. The standard InChI is InChI=1S/C32H25N5O3S/c1-3-15-39-26-12-9-21(10-13-26)30-33-32-37(35-30)31(38)28(41-32)18-24-19-36(25-7-5-4-6-8-25)34-29(24)22-11-14-27-23(17-22)16-20(2)40-27/h3-14,17-20H,1,15-16H2,2H3/b28-18-. The summed E-state index contributed by atoms with van der Waals surface area (Å²) in [5, 5.41) is 9.44. The van der Waals surface area contributed by atoms with Gasteiger partial charge in [0.05, 0.1) is 10.2 Å². The van der Waals surface area contributed by atoms with Crippen LogP contribution in [0.25, 0.3) is 39.4 Å². The van der Waals surface area contributed by atoms with Crippen molar-refractivity contribution in [1.29, 1.82) is 0 Å². The van der Waals surface area contributed by atoms with Crippen LogP contribution in [-0.4, -0.2) is 37.1 Å². The van der Waals surface area contributed by atoms with Gasteiger partial charge >= 0.3 is 0 Å². The molecule has 1 aliphatic rings. The first kappa shape index (κ1) is 25.0. The van der Waals surface area contributed by atoms with Gasteiger partial charge in [-0.05, 0) is 73.2 Å². The molecule has 1 aliphatic heterocycles. The van der Waals surface area contributed by atoms with Crippen molar-refractivity contribution in [2.45, 2.75) is 19.4 Å². The van der Waals surface area contributed by atoms with Crippen LogP contribution in [0.4, 0.5) is 0 Å². The molecule has 3 aromatic carbocycles. The first-order chi connectivity index (χ1) is 20.1. The lowest BCUT2D eigenvalue weighted by atomic mass is 10.0. The lowest BCUT2D eigenvalue weighted by Crippen LogP contribution is -2.23.